The summed E-state index contributed by atoms with van der Waals surface area (Å²) in [7, 11) is 0. The van der Waals surface area contributed by atoms with Crippen molar-refractivity contribution in [2.45, 2.75) is 13.8 Å². The minimum absolute atomic E-state index is 0.300. The van der Waals surface area contributed by atoms with Crippen LogP contribution in [0.2, 0.25) is 10.0 Å². The first-order valence-electron chi connectivity index (χ1n) is 8.65. The lowest BCUT2D eigenvalue weighted by atomic mass is 10.1. The molecule has 0 radical (unpaired) electrons. The number of carbonyl (C=O) groups is 1. The van der Waals surface area contributed by atoms with E-state index in [0.29, 0.717) is 38.3 Å². The smallest absolute Gasteiger partial charge is 0.257 e. The van der Waals surface area contributed by atoms with Gasteiger partial charge in [-0.05, 0) is 67.4 Å². The van der Waals surface area contributed by atoms with E-state index >= 15 is 0 Å². The fourth-order valence-corrected chi connectivity index (χ4v) is 3.44. The topological polar surface area (TPSA) is 55.1 Å². The van der Waals surface area contributed by atoms with Gasteiger partial charge in [0.15, 0.2) is 5.58 Å². The molecule has 3 aromatic carbocycles. The molecule has 0 aliphatic carbocycles. The van der Waals surface area contributed by atoms with Gasteiger partial charge in [-0.2, -0.15) is 0 Å². The maximum atomic E-state index is 12.6. The highest BCUT2D eigenvalue weighted by atomic mass is 35.5. The summed E-state index contributed by atoms with van der Waals surface area (Å²) in [5.74, 6) is 0.0986. The number of carbonyl (C=O) groups excluding carboxylic acids is 1. The summed E-state index contributed by atoms with van der Waals surface area (Å²) in [5, 5.41) is 3.73. The lowest BCUT2D eigenvalue weighted by Gasteiger charge is -2.09. The van der Waals surface area contributed by atoms with E-state index < -0.39 is 0 Å². The molecule has 1 N–H and O–H groups in total. The third-order valence-corrected chi connectivity index (χ3v) is 5.01. The molecule has 1 heterocycles. The number of oxazole rings is 1. The molecule has 4 nitrogen and oxygen atoms in total. The van der Waals surface area contributed by atoms with E-state index in [0.717, 1.165) is 16.6 Å². The van der Waals surface area contributed by atoms with E-state index in [2.05, 4.69) is 10.3 Å². The van der Waals surface area contributed by atoms with Gasteiger partial charge in [-0.25, -0.2) is 4.98 Å². The second-order valence-corrected chi connectivity index (χ2v) is 7.44. The van der Waals surface area contributed by atoms with Crippen LogP contribution in [0.4, 0.5) is 5.69 Å². The van der Waals surface area contributed by atoms with Crippen molar-refractivity contribution in [2.24, 2.45) is 0 Å². The number of rotatable bonds is 3. The Labute approximate surface area is 172 Å². The van der Waals surface area contributed by atoms with Gasteiger partial charge in [-0.1, -0.05) is 35.3 Å². The van der Waals surface area contributed by atoms with E-state index in [9.17, 15) is 4.79 Å². The largest absolute Gasteiger partial charge is 0.436 e. The lowest BCUT2D eigenvalue weighted by Crippen LogP contribution is -2.12. The first-order chi connectivity index (χ1) is 13.4. The minimum atomic E-state index is -0.300. The Kier molecular flexibility index (Phi) is 4.84. The number of nitrogens with zero attached hydrogens (tertiary/aromatic N) is 1. The number of amides is 1. The van der Waals surface area contributed by atoms with Crippen molar-refractivity contribution in [3.63, 3.8) is 0 Å². The molecule has 0 aliphatic heterocycles. The molecule has 0 bridgehead atoms. The van der Waals surface area contributed by atoms with E-state index in [1.54, 1.807) is 30.3 Å². The van der Waals surface area contributed by atoms with Crippen LogP contribution in [0, 0.1) is 13.8 Å². The second kappa shape index (κ2) is 7.30. The molecule has 140 valence electrons. The normalized spacial score (nSPS) is 11.0. The zero-order valence-corrected chi connectivity index (χ0v) is 16.7. The number of hydrogen-bond acceptors (Lipinski definition) is 3. The first-order valence-corrected chi connectivity index (χ1v) is 9.41. The van der Waals surface area contributed by atoms with Gasteiger partial charge in [-0.15, -0.1) is 0 Å². The average molecular weight is 411 g/mol. The Morgan fingerprint density at radius 1 is 0.929 bits per heavy atom. The summed E-state index contributed by atoms with van der Waals surface area (Å²) in [6.07, 6.45) is 0. The molecule has 0 saturated carbocycles. The third-order valence-electron chi connectivity index (χ3n) is 4.37. The highest BCUT2D eigenvalue weighted by molar-refractivity contribution is 6.34. The zero-order chi connectivity index (χ0) is 19.8. The summed E-state index contributed by atoms with van der Waals surface area (Å²) in [5.41, 5.74) is 5.08. The van der Waals surface area contributed by atoms with Gasteiger partial charge >= 0.3 is 0 Å². The molecule has 4 aromatic rings. The van der Waals surface area contributed by atoms with Gasteiger partial charge in [-0.3, -0.25) is 4.79 Å². The highest BCUT2D eigenvalue weighted by Crippen LogP contribution is 2.33. The third kappa shape index (κ3) is 3.61. The molecule has 0 unspecified atom stereocenters. The number of aromatic nitrogens is 1. The lowest BCUT2D eigenvalue weighted by molar-refractivity contribution is 0.102. The minimum Gasteiger partial charge on any atom is -0.436 e. The molecule has 0 saturated heterocycles. The fourth-order valence-electron chi connectivity index (χ4n) is 2.92. The van der Waals surface area contributed by atoms with Crippen LogP contribution in [0.25, 0.3) is 22.6 Å². The molecular formula is C22H16Cl2N2O2. The van der Waals surface area contributed by atoms with Gasteiger partial charge < -0.3 is 9.73 Å². The van der Waals surface area contributed by atoms with Crippen molar-refractivity contribution in [1.29, 1.82) is 0 Å². The molecule has 0 atom stereocenters. The average Bonchev–Trinajstić information content (AvgIpc) is 3.06. The number of benzene rings is 3. The van der Waals surface area contributed by atoms with Crippen LogP contribution in [-0.4, -0.2) is 10.9 Å². The van der Waals surface area contributed by atoms with Crippen molar-refractivity contribution in [3.05, 3.63) is 81.3 Å². The monoisotopic (exact) mass is 410 g/mol. The molecule has 0 aliphatic rings. The van der Waals surface area contributed by atoms with Crippen LogP contribution in [0.3, 0.4) is 0 Å². The Balaban J connectivity index is 1.67. The predicted molar refractivity (Wildman–Crippen MR) is 113 cm³/mol. The molecule has 1 amide bonds. The number of hydrogen-bond donors (Lipinski definition) is 1. The number of nitrogens with one attached hydrogen (secondary N) is 1. The van der Waals surface area contributed by atoms with E-state index in [-0.39, 0.29) is 5.91 Å². The van der Waals surface area contributed by atoms with Gasteiger partial charge in [0.25, 0.3) is 5.91 Å². The molecule has 1 aromatic heterocycles. The maximum Gasteiger partial charge on any atom is 0.257 e. The van der Waals surface area contributed by atoms with Crippen molar-refractivity contribution in [1.82, 2.24) is 4.98 Å². The quantitative estimate of drug-likeness (QED) is 0.410. The second-order valence-electron chi connectivity index (χ2n) is 6.62. The number of fused-ring (bicyclic) bond motifs is 1. The van der Waals surface area contributed by atoms with Crippen LogP contribution in [0.1, 0.15) is 21.5 Å². The molecule has 28 heavy (non-hydrogen) atoms. The van der Waals surface area contributed by atoms with E-state index in [4.69, 9.17) is 27.6 Å². The summed E-state index contributed by atoms with van der Waals surface area (Å²) in [6.45, 7) is 3.90. The SMILES string of the molecule is Cc1ccc(C(=O)Nc2ccc(Cl)c(-c3nc4ccc(C)cc4o3)c2)c(Cl)c1. The molecule has 0 fully saturated rings. The Bertz CT molecular complexity index is 1210. The summed E-state index contributed by atoms with van der Waals surface area (Å²) in [4.78, 5) is 17.1. The van der Waals surface area contributed by atoms with Crippen LogP contribution in [0.5, 0.6) is 0 Å². The summed E-state index contributed by atoms with van der Waals surface area (Å²) in [6, 6.07) is 16.2. The van der Waals surface area contributed by atoms with Gasteiger partial charge in [0.1, 0.15) is 5.52 Å². The Morgan fingerprint density at radius 3 is 2.46 bits per heavy atom. The maximum absolute atomic E-state index is 12.6. The summed E-state index contributed by atoms with van der Waals surface area (Å²) >= 11 is 12.5. The van der Waals surface area contributed by atoms with E-state index in [1.807, 2.05) is 38.1 Å². The van der Waals surface area contributed by atoms with Crippen molar-refractivity contribution in [2.75, 3.05) is 5.32 Å². The Morgan fingerprint density at radius 2 is 1.68 bits per heavy atom. The highest BCUT2D eigenvalue weighted by Gasteiger charge is 2.15. The molecular weight excluding hydrogens is 395 g/mol. The van der Waals surface area contributed by atoms with Crippen molar-refractivity contribution < 1.29 is 9.21 Å². The van der Waals surface area contributed by atoms with Crippen LogP contribution < -0.4 is 5.32 Å². The Hall–Kier alpha value is -2.82. The summed E-state index contributed by atoms with van der Waals surface area (Å²) < 4.78 is 5.86. The van der Waals surface area contributed by atoms with Crippen LogP contribution >= 0.6 is 23.2 Å². The molecule has 6 heteroatoms. The zero-order valence-electron chi connectivity index (χ0n) is 15.2. The predicted octanol–water partition coefficient (Wildman–Crippen LogP) is 6.67. The number of anilines is 1. The standard InChI is InChI=1S/C22H16Cl2N2O2/c1-12-3-6-15(18(24)9-12)21(27)25-14-5-7-17(23)16(11-14)22-26-19-8-4-13(2)10-20(19)28-22/h3-11H,1-2H3,(H,25,27). The van der Waals surface area contributed by atoms with E-state index in [1.165, 1.54) is 0 Å². The van der Waals surface area contributed by atoms with Gasteiger partial charge in [0.05, 0.1) is 21.2 Å². The van der Waals surface area contributed by atoms with Gasteiger partial charge in [0, 0.05) is 5.69 Å². The van der Waals surface area contributed by atoms with Crippen molar-refractivity contribution >= 4 is 45.9 Å². The molecule has 4 rings (SSSR count). The van der Waals surface area contributed by atoms with Crippen LogP contribution in [0.15, 0.2) is 59.0 Å². The first kappa shape index (κ1) is 18.5. The van der Waals surface area contributed by atoms with Crippen LogP contribution in [-0.2, 0) is 0 Å². The molecule has 0 spiro atoms. The fraction of sp³-hybridized carbons (Fsp3) is 0.0909. The van der Waals surface area contributed by atoms with Gasteiger partial charge in [0.2, 0.25) is 5.89 Å². The number of aryl methyl sites for hydroxylation is 2. The number of halogens is 2. The van der Waals surface area contributed by atoms with Crippen molar-refractivity contribution in [3.8, 4) is 11.5 Å².